The number of fused-ring (bicyclic) bond motifs is 1. The minimum atomic E-state index is -1.80. The first-order chi connectivity index (χ1) is 14.4. The van der Waals surface area contributed by atoms with Crippen LogP contribution in [0.2, 0.25) is 0 Å². The van der Waals surface area contributed by atoms with Gasteiger partial charge in [0.1, 0.15) is 18.3 Å². The summed E-state index contributed by atoms with van der Waals surface area (Å²) in [4.78, 5) is 25.1. The van der Waals surface area contributed by atoms with E-state index in [-0.39, 0.29) is 5.95 Å². The van der Waals surface area contributed by atoms with E-state index in [1.165, 1.54) is 0 Å². The minimum Gasteiger partial charge on any atom is -0.479 e. The van der Waals surface area contributed by atoms with Crippen LogP contribution in [0.15, 0.2) is 42.6 Å². The number of hydrogen-bond donors (Lipinski definition) is 5. The minimum absolute atomic E-state index is 0.214. The zero-order valence-corrected chi connectivity index (χ0v) is 15.8. The Morgan fingerprint density at radius 1 is 1.13 bits per heavy atom. The van der Waals surface area contributed by atoms with Crippen molar-refractivity contribution in [1.29, 1.82) is 0 Å². The molecule has 0 amide bonds. The predicted octanol–water partition coefficient (Wildman–Crippen LogP) is -0.129. The second-order valence-electron chi connectivity index (χ2n) is 6.88. The summed E-state index contributed by atoms with van der Waals surface area (Å²) in [5.74, 6) is -1.28. The topological polar surface area (TPSA) is 159 Å². The second-order valence-corrected chi connectivity index (χ2v) is 6.88. The number of aromatic nitrogens is 3. The van der Waals surface area contributed by atoms with Gasteiger partial charge in [0.05, 0.1) is 5.52 Å². The molecule has 5 unspecified atom stereocenters. The van der Waals surface area contributed by atoms with Crippen LogP contribution in [0.3, 0.4) is 0 Å². The number of nitrogens with zero attached hydrogens (tertiary/aromatic N) is 3. The Morgan fingerprint density at radius 2 is 1.87 bits per heavy atom. The van der Waals surface area contributed by atoms with Gasteiger partial charge in [0.25, 0.3) is 0 Å². The molecule has 5 atom stereocenters. The number of pyridine rings is 1. The van der Waals surface area contributed by atoms with Crippen LogP contribution in [-0.2, 0) is 21.4 Å². The molecule has 1 aliphatic rings. The van der Waals surface area contributed by atoms with Gasteiger partial charge in [-0.25, -0.2) is 20.1 Å². The van der Waals surface area contributed by atoms with Gasteiger partial charge < -0.3 is 29.7 Å². The number of hydrogen-bond acceptors (Lipinski definition) is 9. The highest BCUT2D eigenvalue weighted by atomic mass is 16.8. The first-order valence-electron chi connectivity index (χ1n) is 9.09. The number of imidazole rings is 1. The van der Waals surface area contributed by atoms with Gasteiger partial charge in [-0.1, -0.05) is 30.3 Å². The Kier molecular flexibility index (Phi) is 5.37. The molecule has 0 saturated carbocycles. The summed E-state index contributed by atoms with van der Waals surface area (Å²) in [5, 5.41) is 38.7. The summed E-state index contributed by atoms with van der Waals surface area (Å²) in [6, 6.07) is 11.6. The van der Waals surface area contributed by atoms with Crippen molar-refractivity contribution >= 4 is 23.1 Å². The van der Waals surface area contributed by atoms with Crippen LogP contribution in [0, 0.1) is 0 Å². The van der Waals surface area contributed by atoms with Crippen LogP contribution >= 0.6 is 0 Å². The van der Waals surface area contributed by atoms with E-state index in [0.717, 1.165) is 11.1 Å². The lowest BCUT2D eigenvalue weighted by atomic mass is 9.99. The zero-order valence-electron chi connectivity index (χ0n) is 15.8. The van der Waals surface area contributed by atoms with E-state index in [1.807, 2.05) is 36.4 Å². The highest BCUT2D eigenvalue weighted by Crippen LogP contribution is 2.26. The average molecular weight is 416 g/mol. The molecule has 11 nitrogen and oxygen atoms in total. The van der Waals surface area contributed by atoms with Crippen LogP contribution in [0.25, 0.3) is 22.3 Å². The molecule has 0 bridgehead atoms. The zero-order chi connectivity index (χ0) is 21.4. The number of carboxylic acids is 1. The maximum Gasteiger partial charge on any atom is 0.335 e. The second kappa shape index (κ2) is 7.97. The lowest BCUT2D eigenvalue weighted by Gasteiger charge is -2.37. The van der Waals surface area contributed by atoms with Gasteiger partial charge in [0.2, 0.25) is 12.2 Å². The largest absolute Gasteiger partial charge is 0.479 e. The third kappa shape index (κ3) is 3.60. The number of aliphatic carboxylic acids is 1. The molecule has 1 fully saturated rings. The first-order valence-corrected chi connectivity index (χ1v) is 9.09. The van der Waals surface area contributed by atoms with Crippen LogP contribution in [-0.4, -0.2) is 71.6 Å². The first kappa shape index (κ1) is 20.2. The van der Waals surface area contributed by atoms with Gasteiger partial charge in [0, 0.05) is 18.8 Å². The van der Waals surface area contributed by atoms with Gasteiger partial charge >= 0.3 is 5.97 Å². The molecule has 3 aromatic rings. The molecule has 0 radical (unpaired) electrons. The lowest BCUT2D eigenvalue weighted by Crippen LogP contribution is -2.60. The van der Waals surface area contributed by atoms with E-state index in [2.05, 4.69) is 15.4 Å². The summed E-state index contributed by atoms with van der Waals surface area (Å²) >= 11 is 0. The van der Waals surface area contributed by atoms with Crippen molar-refractivity contribution in [3.8, 4) is 11.1 Å². The van der Waals surface area contributed by atoms with Gasteiger partial charge in [-0.2, -0.15) is 4.98 Å². The summed E-state index contributed by atoms with van der Waals surface area (Å²) in [6.45, 7) is 0. The van der Waals surface area contributed by atoms with E-state index in [0.29, 0.717) is 11.2 Å². The summed E-state index contributed by atoms with van der Waals surface area (Å²) in [6.07, 6.45) is -6.86. The Hall–Kier alpha value is -3.09. The number of ether oxygens (including phenoxy) is 1. The van der Waals surface area contributed by atoms with E-state index >= 15 is 0 Å². The smallest absolute Gasteiger partial charge is 0.335 e. The Morgan fingerprint density at radius 3 is 2.57 bits per heavy atom. The van der Waals surface area contributed by atoms with Crippen molar-refractivity contribution in [1.82, 2.24) is 14.5 Å². The van der Waals surface area contributed by atoms with E-state index in [4.69, 9.17) is 14.7 Å². The Labute approximate surface area is 170 Å². The fourth-order valence-corrected chi connectivity index (χ4v) is 3.21. The summed E-state index contributed by atoms with van der Waals surface area (Å²) in [5.41, 5.74) is 5.52. The van der Waals surface area contributed by atoms with Crippen LogP contribution in [0.1, 0.15) is 0 Å². The molecule has 5 N–H and O–H groups in total. The highest BCUT2D eigenvalue weighted by Gasteiger charge is 2.48. The van der Waals surface area contributed by atoms with E-state index in [9.17, 15) is 20.1 Å². The molecular formula is C19H20N4O7. The molecule has 1 aromatic carbocycles. The predicted molar refractivity (Wildman–Crippen MR) is 103 cm³/mol. The number of carbonyl (C=O) groups is 1. The normalized spacial score (nSPS) is 26.6. The quantitative estimate of drug-likeness (QED) is 0.355. The van der Waals surface area contributed by atoms with Crippen molar-refractivity contribution in [2.24, 2.45) is 7.05 Å². The number of aryl methyl sites for hydroxylation is 1. The molecule has 4 rings (SSSR count). The molecule has 158 valence electrons. The average Bonchev–Trinajstić information content (AvgIpc) is 3.07. The lowest BCUT2D eigenvalue weighted by molar-refractivity contribution is -0.287. The van der Waals surface area contributed by atoms with Crippen LogP contribution in [0.4, 0.5) is 5.95 Å². The van der Waals surface area contributed by atoms with Crippen molar-refractivity contribution in [3.05, 3.63) is 42.6 Å². The summed E-state index contributed by atoms with van der Waals surface area (Å²) in [7, 11) is 1.72. The van der Waals surface area contributed by atoms with Crippen molar-refractivity contribution in [2.75, 3.05) is 5.48 Å². The van der Waals surface area contributed by atoms with E-state index in [1.54, 1.807) is 17.8 Å². The third-order valence-electron chi connectivity index (χ3n) is 4.92. The number of anilines is 1. The standard InChI is InChI=1S/C19H20N4O7/c1-23-11-7-10(9-5-3-2-4-6-9)8-20-16(11)21-19(23)22-30-18-14(26)12(24)13(25)15(29-18)17(27)28/h2-8,12-15,18,24-26H,1H3,(H,27,28)(H,20,21,22). The third-order valence-corrected chi connectivity index (χ3v) is 4.92. The fourth-order valence-electron chi connectivity index (χ4n) is 3.21. The molecule has 30 heavy (non-hydrogen) atoms. The van der Waals surface area contributed by atoms with Crippen molar-refractivity contribution in [2.45, 2.75) is 30.7 Å². The Balaban J connectivity index is 1.54. The molecule has 1 aliphatic heterocycles. The molecule has 0 aliphatic carbocycles. The van der Waals surface area contributed by atoms with E-state index < -0.39 is 36.7 Å². The Bertz CT molecular complexity index is 1060. The van der Waals surface area contributed by atoms with Gasteiger partial charge in [-0.15, -0.1) is 0 Å². The molecule has 11 heteroatoms. The van der Waals surface area contributed by atoms with Crippen LogP contribution < -0.4 is 5.48 Å². The molecule has 1 saturated heterocycles. The number of aliphatic hydroxyl groups is 3. The molecule has 2 aromatic heterocycles. The maximum atomic E-state index is 11.2. The number of carboxylic acid groups (broad SMARTS) is 1. The maximum absolute atomic E-state index is 11.2. The molecule has 3 heterocycles. The fraction of sp³-hybridized carbons (Fsp3) is 0.316. The summed E-state index contributed by atoms with van der Waals surface area (Å²) < 4.78 is 6.72. The number of aliphatic hydroxyl groups excluding tert-OH is 3. The van der Waals surface area contributed by atoms with Crippen molar-refractivity contribution in [3.63, 3.8) is 0 Å². The van der Waals surface area contributed by atoms with Gasteiger partial charge in [-0.3, -0.25) is 0 Å². The number of rotatable bonds is 5. The van der Waals surface area contributed by atoms with Crippen LogP contribution in [0.5, 0.6) is 0 Å². The molecule has 0 spiro atoms. The SMILES string of the molecule is Cn1c(NOC2OC(C(=O)O)C(O)C(O)C2O)nc2ncc(-c3ccccc3)cc21. The monoisotopic (exact) mass is 416 g/mol. The van der Waals surface area contributed by atoms with Gasteiger partial charge in [-0.05, 0) is 11.6 Å². The number of nitrogens with one attached hydrogen (secondary N) is 1. The number of benzene rings is 1. The highest BCUT2D eigenvalue weighted by molar-refractivity contribution is 5.80. The van der Waals surface area contributed by atoms with Gasteiger partial charge in [0.15, 0.2) is 11.8 Å². The van der Waals surface area contributed by atoms with Crippen molar-refractivity contribution < 1.29 is 34.8 Å². The molecular weight excluding hydrogens is 396 g/mol.